The van der Waals surface area contributed by atoms with Gasteiger partial charge in [-0.1, -0.05) is 24.4 Å². The van der Waals surface area contributed by atoms with Crippen molar-refractivity contribution in [3.8, 4) is 5.75 Å². The Bertz CT molecular complexity index is 656. The molecular weight excluding hydrogens is 288 g/mol. The molecule has 0 aliphatic carbocycles. The molecule has 0 bridgehead atoms. The number of pyridine rings is 1. The Balaban J connectivity index is 2.01. The summed E-state index contributed by atoms with van der Waals surface area (Å²) in [5.41, 5.74) is 7.41. The van der Waals surface area contributed by atoms with E-state index in [0.29, 0.717) is 22.0 Å². The zero-order chi connectivity index (χ0) is 15.2. The number of hydrogen-bond donors (Lipinski definition) is 1. The monoisotopic (exact) mass is 302 g/mol. The summed E-state index contributed by atoms with van der Waals surface area (Å²) in [5, 5.41) is 0. The molecule has 21 heavy (non-hydrogen) atoms. The van der Waals surface area contributed by atoms with Crippen molar-refractivity contribution in [1.82, 2.24) is 4.98 Å². The lowest BCUT2D eigenvalue weighted by Gasteiger charge is -2.07. The second-order valence-electron chi connectivity index (χ2n) is 4.21. The van der Waals surface area contributed by atoms with Gasteiger partial charge in [-0.15, -0.1) is 0 Å². The molecule has 2 rings (SSSR count). The molecule has 1 aromatic heterocycles. The van der Waals surface area contributed by atoms with Crippen LogP contribution in [0.2, 0.25) is 0 Å². The highest BCUT2D eigenvalue weighted by Gasteiger charge is 2.06. The molecule has 108 valence electrons. The minimum atomic E-state index is -0.417. The number of ether oxygens (including phenoxy) is 2. The van der Waals surface area contributed by atoms with Crippen LogP contribution in [0, 0.1) is 0 Å². The van der Waals surface area contributed by atoms with E-state index in [2.05, 4.69) is 9.72 Å². The number of carbonyl (C=O) groups excluding carboxylic acids is 1. The van der Waals surface area contributed by atoms with Crippen molar-refractivity contribution in [3.63, 3.8) is 0 Å². The third kappa shape index (κ3) is 4.00. The van der Waals surface area contributed by atoms with Crippen LogP contribution in [0.25, 0.3) is 0 Å². The molecule has 0 unspecified atom stereocenters. The Hall–Kier alpha value is -2.47. The molecule has 0 radical (unpaired) electrons. The van der Waals surface area contributed by atoms with Gasteiger partial charge in [-0.3, -0.25) is 4.98 Å². The van der Waals surface area contributed by atoms with Gasteiger partial charge in [0.2, 0.25) is 0 Å². The maximum absolute atomic E-state index is 11.3. The Labute approximate surface area is 127 Å². The Kier molecular flexibility index (Phi) is 4.84. The standard InChI is InChI=1S/C15H14N2O3S/c1-19-15(18)11-5-6-12(17-8-11)9-20-13-4-2-3-10(7-13)14(16)21/h2-8H,9H2,1H3,(H2,16,21). The molecule has 1 heterocycles. The number of thiocarbonyl (C=S) groups is 1. The number of methoxy groups -OCH3 is 1. The van der Waals surface area contributed by atoms with E-state index >= 15 is 0 Å². The molecular formula is C15H14N2O3S. The van der Waals surface area contributed by atoms with E-state index in [1.165, 1.54) is 13.3 Å². The van der Waals surface area contributed by atoms with Gasteiger partial charge in [0.05, 0.1) is 18.4 Å². The van der Waals surface area contributed by atoms with Crippen LogP contribution in [0.1, 0.15) is 21.6 Å². The molecule has 0 amide bonds. The van der Waals surface area contributed by atoms with Crippen molar-refractivity contribution in [2.24, 2.45) is 5.73 Å². The van der Waals surface area contributed by atoms with Gasteiger partial charge in [0.1, 0.15) is 17.3 Å². The van der Waals surface area contributed by atoms with Crippen molar-refractivity contribution >= 4 is 23.2 Å². The summed E-state index contributed by atoms with van der Waals surface area (Å²) in [6.45, 7) is 0.280. The molecule has 6 heteroatoms. The number of rotatable bonds is 5. The predicted octanol–water partition coefficient (Wildman–Crippen LogP) is 2.08. The molecule has 0 aliphatic rings. The highest BCUT2D eigenvalue weighted by molar-refractivity contribution is 7.80. The van der Waals surface area contributed by atoms with Crippen LogP contribution in [0.3, 0.4) is 0 Å². The van der Waals surface area contributed by atoms with Crippen LogP contribution >= 0.6 is 12.2 Å². The molecule has 0 fully saturated rings. The topological polar surface area (TPSA) is 74.4 Å². The first-order valence-corrected chi connectivity index (χ1v) is 6.57. The van der Waals surface area contributed by atoms with Crippen LogP contribution in [-0.4, -0.2) is 23.1 Å². The minimum absolute atomic E-state index is 0.280. The van der Waals surface area contributed by atoms with Crippen molar-refractivity contribution < 1.29 is 14.3 Å². The number of nitrogens with zero attached hydrogens (tertiary/aromatic N) is 1. The first-order chi connectivity index (χ1) is 10.1. The van der Waals surface area contributed by atoms with E-state index in [0.717, 1.165) is 5.56 Å². The van der Waals surface area contributed by atoms with E-state index < -0.39 is 5.97 Å². The lowest BCUT2D eigenvalue weighted by molar-refractivity contribution is 0.0600. The van der Waals surface area contributed by atoms with Gasteiger partial charge in [0, 0.05) is 11.8 Å². The first-order valence-electron chi connectivity index (χ1n) is 6.16. The molecule has 0 aliphatic heterocycles. The highest BCUT2D eigenvalue weighted by atomic mass is 32.1. The molecule has 0 saturated carbocycles. The number of hydrogen-bond acceptors (Lipinski definition) is 5. The summed E-state index contributed by atoms with van der Waals surface area (Å²) in [7, 11) is 1.33. The molecule has 2 N–H and O–H groups in total. The van der Waals surface area contributed by atoms with Crippen molar-refractivity contribution in [3.05, 3.63) is 59.4 Å². The molecule has 1 aromatic carbocycles. The Morgan fingerprint density at radius 1 is 1.29 bits per heavy atom. The van der Waals surface area contributed by atoms with Crippen LogP contribution in [0.4, 0.5) is 0 Å². The molecule has 2 aromatic rings. The second kappa shape index (κ2) is 6.81. The largest absolute Gasteiger partial charge is 0.487 e. The second-order valence-corrected chi connectivity index (χ2v) is 4.65. The summed E-state index contributed by atoms with van der Waals surface area (Å²) >= 11 is 4.92. The average Bonchev–Trinajstić information content (AvgIpc) is 2.53. The lowest BCUT2D eigenvalue weighted by Crippen LogP contribution is -2.09. The normalized spacial score (nSPS) is 9.95. The fraction of sp³-hybridized carbons (Fsp3) is 0.133. The van der Waals surface area contributed by atoms with Crippen molar-refractivity contribution in [1.29, 1.82) is 0 Å². The van der Waals surface area contributed by atoms with Crippen molar-refractivity contribution in [2.75, 3.05) is 7.11 Å². The average molecular weight is 302 g/mol. The van der Waals surface area contributed by atoms with E-state index in [1.807, 2.05) is 18.2 Å². The van der Waals surface area contributed by atoms with Crippen LogP contribution in [-0.2, 0) is 11.3 Å². The number of aromatic nitrogens is 1. The summed E-state index contributed by atoms with van der Waals surface area (Å²) < 4.78 is 10.2. The van der Waals surface area contributed by atoms with Crippen LogP contribution in [0.5, 0.6) is 5.75 Å². The summed E-state index contributed by atoms with van der Waals surface area (Å²) in [4.78, 5) is 15.8. The van der Waals surface area contributed by atoms with E-state index in [1.54, 1.807) is 18.2 Å². The van der Waals surface area contributed by atoms with Gasteiger partial charge >= 0.3 is 5.97 Å². The number of carbonyl (C=O) groups is 1. The summed E-state index contributed by atoms with van der Waals surface area (Å²) in [5.74, 6) is 0.235. The van der Waals surface area contributed by atoms with E-state index in [4.69, 9.17) is 22.7 Å². The first kappa shape index (κ1) is 14.9. The molecule has 0 atom stereocenters. The molecule has 0 saturated heterocycles. The van der Waals surface area contributed by atoms with Gasteiger partial charge in [-0.05, 0) is 24.3 Å². The third-order valence-corrected chi connectivity index (χ3v) is 2.99. The highest BCUT2D eigenvalue weighted by Crippen LogP contribution is 2.15. The third-order valence-electron chi connectivity index (χ3n) is 2.75. The summed E-state index contributed by atoms with van der Waals surface area (Å²) in [6.07, 6.45) is 1.45. The number of esters is 1. The SMILES string of the molecule is COC(=O)c1ccc(COc2cccc(C(N)=S)c2)nc1. The Morgan fingerprint density at radius 2 is 2.10 bits per heavy atom. The van der Waals surface area contributed by atoms with Gasteiger partial charge in [-0.25, -0.2) is 4.79 Å². The Morgan fingerprint density at radius 3 is 2.71 bits per heavy atom. The maximum Gasteiger partial charge on any atom is 0.339 e. The molecule has 5 nitrogen and oxygen atoms in total. The maximum atomic E-state index is 11.3. The van der Waals surface area contributed by atoms with Gasteiger partial charge < -0.3 is 15.2 Å². The smallest absolute Gasteiger partial charge is 0.339 e. The van der Waals surface area contributed by atoms with Crippen LogP contribution in [0.15, 0.2) is 42.6 Å². The lowest BCUT2D eigenvalue weighted by atomic mass is 10.2. The van der Waals surface area contributed by atoms with Gasteiger partial charge in [-0.2, -0.15) is 0 Å². The van der Waals surface area contributed by atoms with Crippen molar-refractivity contribution in [2.45, 2.75) is 6.61 Å². The molecule has 0 spiro atoms. The fourth-order valence-electron chi connectivity index (χ4n) is 1.64. The van der Waals surface area contributed by atoms with E-state index in [9.17, 15) is 4.79 Å². The quantitative estimate of drug-likeness (QED) is 0.673. The zero-order valence-electron chi connectivity index (χ0n) is 11.4. The predicted molar refractivity (Wildman–Crippen MR) is 82.2 cm³/mol. The van der Waals surface area contributed by atoms with E-state index in [-0.39, 0.29) is 6.61 Å². The summed E-state index contributed by atoms with van der Waals surface area (Å²) in [6, 6.07) is 10.6. The fourth-order valence-corrected chi connectivity index (χ4v) is 1.77. The zero-order valence-corrected chi connectivity index (χ0v) is 12.2. The number of nitrogens with two attached hydrogens (primary N) is 1. The minimum Gasteiger partial charge on any atom is -0.487 e. The number of benzene rings is 1. The van der Waals surface area contributed by atoms with Crippen LogP contribution < -0.4 is 10.5 Å². The van der Waals surface area contributed by atoms with Gasteiger partial charge in [0.25, 0.3) is 0 Å². The van der Waals surface area contributed by atoms with Gasteiger partial charge in [0.15, 0.2) is 0 Å².